The summed E-state index contributed by atoms with van der Waals surface area (Å²) in [5.74, 6) is -0.807. The average molecular weight is 402 g/mol. The molecule has 0 saturated heterocycles. The molecule has 0 aliphatic carbocycles. The van der Waals surface area contributed by atoms with Crippen LogP contribution in [0, 0.1) is 12.7 Å². The Morgan fingerprint density at radius 1 is 1.03 bits per heavy atom. The molecule has 4 rings (SSSR count). The molecule has 5 nitrogen and oxygen atoms in total. The predicted octanol–water partition coefficient (Wildman–Crippen LogP) is 5.37. The zero-order valence-electron chi connectivity index (χ0n) is 16.5. The molecule has 0 aliphatic heterocycles. The van der Waals surface area contributed by atoms with Crippen LogP contribution in [0.4, 0.5) is 15.8 Å². The normalized spacial score (nSPS) is 11.5. The molecule has 0 saturated carbocycles. The number of amides is 1. The van der Waals surface area contributed by atoms with E-state index in [4.69, 9.17) is 9.15 Å². The van der Waals surface area contributed by atoms with E-state index in [1.165, 1.54) is 19.2 Å². The molecule has 1 aromatic heterocycles. The number of benzene rings is 3. The molecule has 0 radical (unpaired) electrons. The average Bonchev–Trinajstić information content (AvgIpc) is 2.75. The number of fused-ring (bicyclic) bond motifs is 1. The summed E-state index contributed by atoms with van der Waals surface area (Å²) in [5, 5.41) is 3.65. The number of hydrogen-bond donors (Lipinski definition) is 1. The summed E-state index contributed by atoms with van der Waals surface area (Å²) in [7, 11) is 1.39. The summed E-state index contributed by atoms with van der Waals surface area (Å²) in [4.78, 5) is 17.5. The lowest BCUT2D eigenvalue weighted by molar-refractivity contribution is 0.102. The van der Waals surface area contributed by atoms with Crippen molar-refractivity contribution in [1.82, 2.24) is 0 Å². The SMILES string of the molecule is COc1ccc(N=c2oc3ccccc3cc2C(=O)Nc2ccccc2C)cc1F. The first-order valence-corrected chi connectivity index (χ1v) is 9.33. The number of para-hydroxylation sites is 2. The smallest absolute Gasteiger partial charge is 0.261 e. The van der Waals surface area contributed by atoms with Crippen molar-refractivity contribution in [3.63, 3.8) is 0 Å². The van der Waals surface area contributed by atoms with Crippen molar-refractivity contribution in [3.8, 4) is 5.75 Å². The highest BCUT2D eigenvalue weighted by Gasteiger charge is 2.14. The van der Waals surface area contributed by atoms with E-state index in [-0.39, 0.29) is 22.8 Å². The van der Waals surface area contributed by atoms with Crippen LogP contribution in [0.15, 0.2) is 82.2 Å². The van der Waals surface area contributed by atoms with Gasteiger partial charge in [0.05, 0.1) is 12.8 Å². The number of ether oxygens (including phenoxy) is 1. The quantitative estimate of drug-likeness (QED) is 0.499. The Kier molecular flexibility index (Phi) is 5.30. The highest BCUT2D eigenvalue weighted by molar-refractivity contribution is 6.05. The van der Waals surface area contributed by atoms with Crippen LogP contribution in [-0.2, 0) is 0 Å². The second-order valence-electron chi connectivity index (χ2n) is 6.70. The molecule has 6 heteroatoms. The molecule has 1 N–H and O–H groups in total. The van der Waals surface area contributed by atoms with Crippen molar-refractivity contribution in [2.75, 3.05) is 12.4 Å². The largest absolute Gasteiger partial charge is 0.494 e. The molecule has 1 amide bonds. The molecule has 0 atom stereocenters. The number of halogens is 1. The number of nitrogens with zero attached hydrogens (tertiary/aromatic N) is 1. The number of aryl methyl sites for hydroxylation is 1. The first-order chi connectivity index (χ1) is 14.5. The van der Waals surface area contributed by atoms with Gasteiger partial charge in [-0.05, 0) is 42.8 Å². The number of carbonyl (C=O) groups is 1. The summed E-state index contributed by atoms with van der Waals surface area (Å²) < 4.78 is 24.9. The van der Waals surface area contributed by atoms with Crippen LogP contribution >= 0.6 is 0 Å². The third kappa shape index (κ3) is 3.93. The van der Waals surface area contributed by atoms with E-state index >= 15 is 0 Å². The van der Waals surface area contributed by atoms with Crippen molar-refractivity contribution in [1.29, 1.82) is 0 Å². The third-order valence-electron chi connectivity index (χ3n) is 4.66. The number of nitrogens with one attached hydrogen (secondary N) is 1. The maximum Gasteiger partial charge on any atom is 0.261 e. The minimum atomic E-state index is -0.551. The van der Waals surface area contributed by atoms with Gasteiger partial charge in [0.2, 0.25) is 5.55 Å². The van der Waals surface area contributed by atoms with Crippen molar-refractivity contribution in [2.24, 2.45) is 4.99 Å². The van der Waals surface area contributed by atoms with Crippen molar-refractivity contribution in [3.05, 3.63) is 95.3 Å². The zero-order chi connectivity index (χ0) is 21.1. The van der Waals surface area contributed by atoms with Gasteiger partial charge in [-0.3, -0.25) is 4.79 Å². The predicted molar refractivity (Wildman–Crippen MR) is 114 cm³/mol. The second kappa shape index (κ2) is 8.21. The fraction of sp³-hybridized carbons (Fsp3) is 0.0833. The maximum absolute atomic E-state index is 14.1. The minimum Gasteiger partial charge on any atom is -0.494 e. The third-order valence-corrected chi connectivity index (χ3v) is 4.66. The Morgan fingerprint density at radius 3 is 2.57 bits per heavy atom. The lowest BCUT2D eigenvalue weighted by atomic mass is 10.1. The van der Waals surface area contributed by atoms with Crippen molar-refractivity contribution >= 4 is 28.3 Å². The molecule has 0 spiro atoms. The van der Waals surface area contributed by atoms with Crippen LogP contribution in [0.2, 0.25) is 0 Å². The zero-order valence-corrected chi connectivity index (χ0v) is 16.5. The molecular weight excluding hydrogens is 383 g/mol. The molecule has 1 heterocycles. The van der Waals surface area contributed by atoms with Gasteiger partial charge in [-0.1, -0.05) is 36.4 Å². The highest BCUT2D eigenvalue weighted by Crippen LogP contribution is 2.23. The van der Waals surface area contributed by atoms with Crippen molar-refractivity contribution in [2.45, 2.75) is 6.92 Å². The number of methoxy groups -OCH3 is 1. The first-order valence-electron chi connectivity index (χ1n) is 9.33. The van der Waals surface area contributed by atoms with Crippen LogP contribution in [0.3, 0.4) is 0 Å². The molecule has 0 fully saturated rings. The van der Waals surface area contributed by atoms with E-state index in [9.17, 15) is 9.18 Å². The van der Waals surface area contributed by atoms with Gasteiger partial charge < -0.3 is 14.5 Å². The summed E-state index contributed by atoms with van der Waals surface area (Å²) >= 11 is 0. The minimum absolute atomic E-state index is 0.0874. The summed E-state index contributed by atoms with van der Waals surface area (Å²) in [6, 6.07) is 20.8. The first kappa shape index (κ1) is 19.4. The van der Waals surface area contributed by atoms with Crippen LogP contribution in [0.1, 0.15) is 15.9 Å². The van der Waals surface area contributed by atoms with Gasteiger partial charge in [-0.25, -0.2) is 9.38 Å². The van der Waals surface area contributed by atoms with Crippen LogP contribution < -0.4 is 15.6 Å². The summed E-state index contributed by atoms with van der Waals surface area (Å²) in [6.45, 7) is 1.91. The monoisotopic (exact) mass is 402 g/mol. The Bertz CT molecular complexity index is 1310. The van der Waals surface area contributed by atoms with Crippen LogP contribution in [0.5, 0.6) is 5.75 Å². The number of anilines is 1. The fourth-order valence-electron chi connectivity index (χ4n) is 3.06. The summed E-state index contributed by atoms with van der Waals surface area (Å²) in [5.41, 5.74) is 2.82. The van der Waals surface area contributed by atoms with Gasteiger partial charge in [0.25, 0.3) is 5.91 Å². The van der Waals surface area contributed by atoms with Crippen LogP contribution in [-0.4, -0.2) is 13.0 Å². The molecular formula is C24H19FN2O3. The highest BCUT2D eigenvalue weighted by atomic mass is 19.1. The number of carbonyl (C=O) groups excluding carboxylic acids is 1. The number of rotatable bonds is 4. The topological polar surface area (TPSA) is 63.8 Å². The molecule has 0 aliphatic rings. The molecule has 150 valence electrons. The molecule has 0 bridgehead atoms. The Labute approximate surface area is 172 Å². The standard InChI is InChI=1S/C24H19FN2O3/c1-15-7-3-5-9-20(15)27-23(28)18-13-16-8-4-6-10-21(16)30-24(18)26-17-11-12-22(29-2)19(25)14-17/h3-14H,1-2H3,(H,27,28). The van der Waals surface area contributed by atoms with E-state index < -0.39 is 5.82 Å². The Hall–Kier alpha value is -3.93. The van der Waals surface area contributed by atoms with E-state index in [1.54, 1.807) is 18.2 Å². The Balaban J connectivity index is 1.84. The van der Waals surface area contributed by atoms with Crippen molar-refractivity contribution < 1.29 is 18.3 Å². The van der Waals surface area contributed by atoms with Gasteiger partial charge in [0.1, 0.15) is 11.1 Å². The Morgan fingerprint density at radius 2 is 1.80 bits per heavy atom. The number of hydrogen-bond acceptors (Lipinski definition) is 4. The van der Waals surface area contributed by atoms with Gasteiger partial charge in [0.15, 0.2) is 11.6 Å². The van der Waals surface area contributed by atoms with Gasteiger partial charge >= 0.3 is 0 Å². The van der Waals surface area contributed by atoms with E-state index in [2.05, 4.69) is 10.3 Å². The van der Waals surface area contributed by atoms with E-state index in [0.717, 1.165) is 10.9 Å². The summed E-state index contributed by atoms with van der Waals surface area (Å²) in [6.07, 6.45) is 0. The second-order valence-corrected chi connectivity index (χ2v) is 6.70. The fourth-order valence-corrected chi connectivity index (χ4v) is 3.06. The van der Waals surface area contributed by atoms with E-state index in [1.807, 2.05) is 49.4 Å². The van der Waals surface area contributed by atoms with Gasteiger partial charge in [-0.15, -0.1) is 0 Å². The van der Waals surface area contributed by atoms with Gasteiger partial charge in [0, 0.05) is 17.1 Å². The lowest BCUT2D eigenvalue weighted by Crippen LogP contribution is -2.22. The van der Waals surface area contributed by atoms with Gasteiger partial charge in [-0.2, -0.15) is 0 Å². The molecule has 4 aromatic rings. The van der Waals surface area contributed by atoms with E-state index in [0.29, 0.717) is 17.0 Å². The molecule has 0 unspecified atom stereocenters. The maximum atomic E-state index is 14.1. The molecule has 30 heavy (non-hydrogen) atoms. The molecule has 3 aromatic carbocycles. The van der Waals surface area contributed by atoms with Crippen LogP contribution in [0.25, 0.3) is 11.0 Å². The lowest BCUT2D eigenvalue weighted by Gasteiger charge is -2.09.